The molecule has 134 valence electrons. The second-order valence-corrected chi connectivity index (χ2v) is 8.45. The number of rotatable bonds is 6. The molecular formula is C16H16BrClN2O4S. The molecule has 2 aromatic carbocycles. The van der Waals surface area contributed by atoms with Crippen molar-refractivity contribution in [1.82, 2.24) is 4.31 Å². The zero-order valence-electron chi connectivity index (χ0n) is 13.5. The highest BCUT2D eigenvalue weighted by atomic mass is 79.9. The molecule has 0 aromatic heterocycles. The summed E-state index contributed by atoms with van der Waals surface area (Å²) in [5.74, 6) is 0.105. The van der Waals surface area contributed by atoms with Crippen molar-refractivity contribution in [3.63, 3.8) is 0 Å². The SMILES string of the molecule is COc1cccc(NC(=O)CN(C)S(=O)(=O)c2ccc(Br)cc2Cl)c1. The molecule has 1 amide bonds. The van der Waals surface area contributed by atoms with E-state index in [-0.39, 0.29) is 16.5 Å². The van der Waals surface area contributed by atoms with Gasteiger partial charge >= 0.3 is 0 Å². The number of sulfonamides is 1. The van der Waals surface area contributed by atoms with Crippen LogP contribution in [-0.2, 0) is 14.8 Å². The van der Waals surface area contributed by atoms with E-state index < -0.39 is 15.9 Å². The van der Waals surface area contributed by atoms with Crippen LogP contribution in [0.1, 0.15) is 0 Å². The van der Waals surface area contributed by atoms with Crippen LogP contribution in [0.15, 0.2) is 51.8 Å². The Morgan fingerprint density at radius 1 is 1.28 bits per heavy atom. The number of carbonyl (C=O) groups excluding carboxylic acids is 1. The maximum atomic E-state index is 12.6. The maximum absolute atomic E-state index is 12.6. The number of methoxy groups -OCH3 is 1. The number of anilines is 1. The Bertz CT molecular complexity index is 889. The Hall–Kier alpha value is -1.61. The molecule has 0 aliphatic rings. The van der Waals surface area contributed by atoms with Crippen LogP contribution in [0.25, 0.3) is 0 Å². The summed E-state index contributed by atoms with van der Waals surface area (Å²) in [6, 6.07) is 11.2. The fourth-order valence-corrected chi connectivity index (χ4v) is 4.18. The van der Waals surface area contributed by atoms with Gasteiger partial charge in [-0.05, 0) is 30.3 Å². The highest BCUT2D eigenvalue weighted by Gasteiger charge is 2.25. The zero-order valence-corrected chi connectivity index (χ0v) is 16.7. The molecule has 2 aromatic rings. The summed E-state index contributed by atoms with van der Waals surface area (Å²) in [6.45, 7) is -0.355. The van der Waals surface area contributed by atoms with Crippen LogP contribution in [0.2, 0.25) is 5.02 Å². The van der Waals surface area contributed by atoms with Crippen LogP contribution in [0, 0.1) is 0 Å². The number of hydrogen-bond acceptors (Lipinski definition) is 4. The van der Waals surface area contributed by atoms with Crippen LogP contribution >= 0.6 is 27.5 Å². The van der Waals surface area contributed by atoms with Crippen LogP contribution in [-0.4, -0.2) is 39.3 Å². The minimum absolute atomic E-state index is 0.0611. The third-order valence-electron chi connectivity index (χ3n) is 3.30. The number of benzene rings is 2. The van der Waals surface area contributed by atoms with Crippen LogP contribution < -0.4 is 10.1 Å². The van der Waals surface area contributed by atoms with Gasteiger partial charge in [-0.1, -0.05) is 33.6 Å². The van der Waals surface area contributed by atoms with Crippen molar-refractivity contribution >= 4 is 49.1 Å². The van der Waals surface area contributed by atoms with E-state index in [1.165, 1.54) is 26.3 Å². The third-order valence-corrected chi connectivity index (χ3v) is 6.08. The lowest BCUT2D eigenvalue weighted by atomic mass is 10.3. The average molecular weight is 448 g/mol. The van der Waals surface area contributed by atoms with E-state index >= 15 is 0 Å². The van der Waals surface area contributed by atoms with Gasteiger partial charge in [0, 0.05) is 23.3 Å². The number of carbonyl (C=O) groups is 1. The lowest BCUT2D eigenvalue weighted by molar-refractivity contribution is -0.116. The topological polar surface area (TPSA) is 75.7 Å². The lowest BCUT2D eigenvalue weighted by Crippen LogP contribution is -2.35. The van der Waals surface area contributed by atoms with E-state index in [1.54, 1.807) is 30.3 Å². The van der Waals surface area contributed by atoms with E-state index in [1.807, 2.05) is 0 Å². The molecule has 0 unspecified atom stereocenters. The Morgan fingerprint density at radius 3 is 2.64 bits per heavy atom. The van der Waals surface area contributed by atoms with Crippen molar-refractivity contribution in [3.8, 4) is 5.75 Å². The zero-order chi connectivity index (χ0) is 18.6. The Balaban J connectivity index is 2.11. The third kappa shape index (κ3) is 4.94. The van der Waals surface area contributed by atoms with Gasteiger partial charge in [-0.15, -0.1) is 0 Å². The summed E-state index contributed by atoms with van der Waals surface area (Å²) in [5, 5.41) is 2.71. The van der Waals surface area contributed by atoms with Gasteiger partial charge in [0.15, 0.2) is 0 Å². The van der Waals surface area contributed by atoms with E-state index in [0.717, 1.165) is 4.31 Å². The van der Waals surface area contributed by atoms with Crippen molar-refractivity contribution in [3.05, 3.63) is 52.0 Å². The number of halogens is 2. The van der Waals surface area contributed by atoms with Crippen molar-refractivity contribution in [1.29, 1.82) is 0 Å². The highest BCUT2D eigenvalue weighted by molar-refractivity contribution is 9.10. The van der Waals surface area contributed by atoms with Crippen molar-refractivity contribution in [2.24, 2.45) is 0 Å². The number of nitrogens with one attached hydrogen (secondary N) is 1. The summed E-state index contributed by atoms with van der Waals surface area (Å²) in [6.07, 6.45) is 0. The molecule has 2 rings (SSSR count). The summed E-state index contributed by atoms with van der Waals surface area (Å²) in [7, 11) is -1.06. The van der Waals surface area contributed by atoms with Gasteiger partial charge in [0.05, 0.1) is 18.7 Å². The summed E-state index contributed by atoms with van der Waals surface area (Å²) >= 11 is 9.23. The smallest absolute Gasteiger partial charge is 0.244 e. The Kier molecular flexibility index (Phi) is 6.45. The van der Waals surface area contributed by atoms with Gasteiger partial charge in [0.25, 0.3) is 0 Å². The molecule has 1 N–H and O–H groups in total. The van der Waals surface area contributed by atoms with Gasteiger partial charge in [0.1, 0.15) is 10.6 Å². The minimum atomic E-state index is -3.89. The summed E-state index contributed by atoms with van der Waals surface area (Å²) in [5.41, 5.74) is 0.511. The number of amides is 1. The fourth-order valence-electron chi connectivity index (χ4n) is 2.04. The molecule has 6 nitrogen and oxygen atoms in total. The fraction of sp³-hybridized carbons (Fsp3) is 0.188. The van der Waals surface area contributed by atoms with Crippen LogP contribution in [0.5, 0.6) is 5.75 Å². The van der Waals surface area contributed by atoms with E-state index in [0.29, 0.717) is 15.9 Å². The summed E-state index contributed by atoms with van der Waals surface area (Å²) in [4.78, 5) is 12.1. The number of hydrogen-bond donors (Lipinski definition) is 1. The number of likely N-dealkylation sites (N-methyl/N-ethyl adjacent to an activating group) is 1. The normalized spacial score (nSPS) is 11.4. The van der Waals surface area contributed by atoms with Crippen molar-refractivity contribution < 1.29 is 17.9 Å². The standard InChI is InChI=1S/C16H16BrClN2O4S/c1-20(25(22,23)15-7-6-11(17)8-14(15)18)10-16(21)19-12-4-3-5-13(9-12)24-2/h3-9H,10H2,1-2H3,(H,19,21). The molecule has 0 fully saturated rings. The molecule has 0 bridgehead atoms. The predicted molar refractivity (Wildman–Crippen MR) is 101 cm³/mol. The molecule has 0 saturated carbocycles. The molecule has 0 atom stereocenters. The first kappa shape index (κ1) is 19.7. The molecule has 9 heteroatoms. The lowest BCUT2D eigenvalue weighted by Gasteiger charge is -2.18. The van der Waals surface area contributed by atoms with Crippen LogP contribution in [0.4, 0.5) is 5.69 Å². The van der Waals surface area contributed by atoms with Crippen molar-refractivity contribution in [2.45, 2.75) is 4.90 Å². The van der Waals surface area contributed by atoms with Gasteiger partial charge in [-0.2, -0.15) is 4.31 Å². The number of ether oxygens (including phenoxy) is 1. The second-order valence-electron chi connectivity index (χ2n) is 5.12. The molecule has 25 heavy (non-hydrogen) atoms. The number of nitrogens with zero attached hydrogens (tertiary/aromatic N) is 1. The van der Waals surface area contributed by atoms with E-state index in [2.05, 4.69) is 21.2 Å². The van der Waals surface area contributed by atoms with E-state index in [4.69, 9.17) is 16.3 Å². The molecule has 0 aliphatic carbocycles. The molecule has 0 heterocycles. The first-order valence-electron chi connectivity index (χ1n) is 7.09. The largest absolute Gasteiger partial charge is 0.497 e. The molecule has 0 saturated heterocycles. The second kappa shape index (κ2) is 8.18. The maximum Gasteiger partial charge on any atom is 0.244 e. The van der Waals surface area contributed by atoms with E-state index in [9.17, 15) is 13.2 Å². The minimum Gasteiger partial charge on any atom is -0.497 e. The van der Waals surface area contributed by atoms with Gasteiger partial charge in [-0.3, -0.25) is 4.79 Å². The first-order chi connectivity index (χ1) is 11.7. The van der Waals surface area contributed by atoms with Gasteiger partial charge in [0.2, 0.25) is 15.9 Å². The predicted octanol–water partition coefficient (Wildman–Crippen LogP) is 3.37. The molecule has 0 radical (unpaired) electrons. The Morgan fingerprint density at radius 2 is 2.00 bits per heavy atom. The van der Waals surface area contributed by atoms with Gasteiger partial charge in [-0.25, -0.2) is 8.42 Å². The average Bonchev–Trinajstić information content (AvgIpc) is 2.54. The van der Waals surface area contributed by atoms with Gasteiger partial charge < -0.3 is 10.1 Å². The quantitative estimate of drug-likeness (QED) is 0.737. The highest BCUT2D eigenvalue weighted by Crippen LogP contribution is 2.27. The summed E-state index contributed by atoms with van der Waals surface area (Å²) < 4.78 is 31.8. The molecule has 0 aliphatic heterocycles. The molecule has 0 spiro atoms. The molecular weight excluding hydrogens is 432 g/mol. The first-order valence-corrected chi connectivity index (χ1v) is 9.70. The Labute approximate surface area is 159 Å². The van der Waals surface area contributed by atoms with Crippen LogP contribution in [0.3, 0.4) is 0 Å². The van der Waals surface area contributed by atoms with Crippen molar-refractivity contribution in [2.75, 3.05) is 26.0 Å². The monoisotopic (exact) mass is 446 g/mol.